The average Bonchev–Trinajstić information content (AvgIpc) is 3.61. The van der Waals surface area contributed by atoms with E-state index in [0.717, 1.165) is 52.4 Å². The zero-order valence-corrected chi connectivity index (χ0v) is 29.0. The summed E-state index contributed by atoms with van der Waals surface area (Å²) in [7, 11) is 0. The fraction of sp³-hybridized carbons (Fsp3) is 0.743. The molecule has 0 spiro atoms. The molecule has 14 nitrogen and oxygen atoms in total. The topological polar surface area (TPSA) is 182 Å². The van der Waals surface area contributed by atoms with Gasteiger partial charge in [0.15, 0.2) is 30.3 Å². The summed E-state index contributed by atoms with van der Waals surface area (Å²) in [5, 5.41) is 21.4. The summed E-state index contributed by atoms with van der Waals surface area (Å²) in [6.45, 7) is 8.80. The summed E-state index contributed by atoms with van der Waals surface area (Å²) in [6.07, 6.45) is 3.38. The van der Waals surface area contributed by atoms with Gasteiger partial charge < -0.3 is 28.8 Å². The second-order valence-electron chi connectivity index (χ2n) is 15.0. The van der Waals surface area contributed by atoms with E-state index in [0.29, 0.717) is 30.4 Å². The van der Waals surface area contributed by atoms with Crippen molar-refractivity contribution in [3.8, 4) is 0 Å². The van der Waals surface area contributed by atoms with Crippen LogP contribution in [0.2, 0.25) is 0 Å². The minimum atomic E-state index is -1.36. The van der Waals surface area contributed by atoms with Crippen LogP contribution in [0.25, 0.3) is 0 Å². The van der Waals surface area contributed by atoms with E-state index in [9.17, 15) is 29.1 Å². The molecule has 0 radical (unpaired) electrons. The molecule has 0 bridgehead atoms. The molecule has 0 unspecified atom stereocenters. The fourth-order valence-electron chi connectivity index (χ4n) is 10.0. The van der Waals surface area contributed by atoms with Gasteiger partial charge in [-0.05, 0) is 74.2 Å². The number of rotatable bonds is 7. The van der Waals surface area contributed by atoms with E-state index in [-0.39, 0.29) is 23.7 Å². The number of carbonyl (C=O) groups excluding carboxylic acids is 5. The molecule has 14 heteroatoms. The molecule has 0 aromatic carbocycles. The largest absolute Gasteiger partial charge is 0.463 e. The Balaban J connectivity index is 1.32. The highest BCUT2D eigenvalue weighted by Gasteiger charge is 2.65. The predicted molar refractivity (Wildman–Crippen MR) is 168 cm³/mol. The summed E-state index contributed by atoms with van der Waals surface area (Å²) >= 11 is 0. The van der Waals surface area contributed by atoms with Crippen molar-refractivity contribution in [1.82, 2.24) is 15.0 Å². The summed E-state index contributed by atoms with van der Waals surface area (Å²) in [6, 6.07) is 0. The molecule has 5 aliphatic rings. The second kappa shape index (κ2) is 12.9. The highest BCUT2D eigenvalue weighted by molar-refractivity contribution is 5.91. The van der Waals surface area contributed by atoms with Crippen LogP contribution in [0.3, 0.4) is 0 Å². The number of esters is 4. The van der Waals surface area contributed by atoms with E-state index in [2.05, 4.69) is 24.2 Å². The van der Waals surface area contributed by atoms with Crippen LogP contribution in [0.4, 0.5) is 0 Å². The van der Waals surface area contributed by atoms with Gasteiger partial charge in [0.25, 0.3) is 0 Å². The Morgan fingerprint density at radius 1 is 0.878 bits per heavy atom. The van der Waals surface area contributed by atoms with Gasteiger partial charge in [0.05, 0.1) is 6.20 Å². The van der Waals surface area contributed by atoms with Crippen molar-refractivity contribution in [3.63, 3.8) is 0 Å². The van der Waals surface area contributed by atoms with Crippen molar-refractivity contribution in [2.24, 2.45) is 28.6 Å². The first-order valence-corrected chi connectivity index (χ1v) is 17.3. The van der Waals surface area contributed by atoms with E-state index in [1.807, 2.05) is 6.08 Å². The van der Waals surface area contributed by atoms with Crippen LogP contribution >= 0.6 is 0 Å². The van der Waals surface area contributed by atoms with Crippen molar-refractivity contribution in [2.75, 3.05) is 6.61 Å². The van der Waals surface area contributed by atoms with Gasteiger partial charge in [-0.3, -0.25) is 24.0 Å². The number of carbonyl (C=O) groups is 5. The Labute approximate surface area is 285 Å². The number of allylic oxidation sites excluding steroid dienone is 1. The SMILES string of the molecule is CC(=O)OC[C@H]1O[C@@H](n2cc([C@]3(O)CC[C@H]4[C@@H]5CCC6=CC(=O)CC[C@]6(C)[C@H]5CC[C@@]43C)nn2)[C@H](OC(C)=O)[C@@H](OC(C)=O)[C@@H]1OC(C)=O. The Kier molecular flexibility index (Phi) is 9.27. The molecule has 1 aliphatic heterocycles. The number of nitrogens with zero attached hydrogens (tertiary/aromatic N) is 3. The number of aliphatic hydroxyl groups is 1. The minimum Gasteiger partial charge on any atom is -0.463 e. The van der Waals surface area contributed by atoms with Gasteiger partial charge in [-0.2, -0.15) is 0 Å². The molecular formula is C35H47N3O11. The lowest BCUT2D eigenvalue weighted by Gasteiger charge is -2.59. The number of hydrogen-bond acceptors (Lipinski definition) is 13. The fourth-order valence-corrected chi connectivity index (χ4v) is 10.0. The molecule has 1 N–H and O–H groups in total. The average molecular weight is 686 g/mol. The van der Waals surface area contributed by atoms with Gasteiger partial charge in [-0.25, -0.2) is 4.68 Å². The molecule has 1 saturated heterocycles. The van der Waals surface area contributed by atoms with Gasteiger partial charge in [-0.15, -0.1) is 5.10 Å². The molecule has 2 heterocycles. The zero-order valence-electron chi connectivity index (χ0n) is 29.0. The summed E-state index contributed by atoms with van der Waals surface area (Å²) in [5.41, 5.74) is -0.196. The Morgan fingerprint density at radius 3 is 2.20 bits per heavy atom. The van der Waals surface area contributed by atoms with Crippen LogP contribution in [0.5, 0.6) is 0 Å². The first-order valence-electron chi connectivity index (χ1n) is 17.3. The zero-order chi connectivity index (χ0) is 35.5. The minimum absolute atomic E-state index is 0.00285. The molecule has 4 fully saturated rings. The van der Waals surface area contributed by atoms with E-state index in [1.165, 1.54) is 24.1 Å². The summed E-state index contributed by atoms with van der Waals surface area (Å²) in [4.78, 5) is 60.8. The molecule has 11 atom stereocenters. The second-order valence-corrected chi connectivity index (χ2v) is 15.0. The Bertz CT molecular complexity index is 1560. The normalized spacial score (nSPS) is 39.8. The van der Waals surface area contributed by atoms with Crippen LogP contribution in [0, 0.1) is 28.6 Å². The van der Waals surface area contributed by atoms with Crippen molar-refractivity contribution in [3.05, 3.63) is 23.5 Å². The molecule has 49 heavy (non-hydrogen) atoms. The molecule has 4 aliphatic carbocycles. The number of hydrogen-bond donors (Lipinski definition) is 1. The van der Waals surface area contributed by atoms with Crippen LogP contribution in [-0.2, 0) is 53.3 Å². The number of aromatic nitrogens is 3. The molecule has 3 saturated carbocycles. The van der Waals surface area contributed by atoms with Crippen LogP contribution in [-0.4, -0.2) is 80.8 Å². The van der Waals surface area contributed by atoms with Crippen molar-refractivity contribution in [1.29, 1.82) is 0 Å². The molecule has 1 aromatic heterocycles. The van der Waals surface area contributed by atoms with Gasteiger partial charge in [0, 0.05) is 39.5 Å². The summed E-state index contributed by atoms with van der Waals surface area (Å²) < 4.78 is 29.5. The van der Waals surface area contributed by atoms with E-state index in [4.69, 9.17) is 23.7 Å². The smallest absolute Gasteiger partial charge is 0.303 e. The van der Waals surface area contributed by atoms with Gasteiger partial charge in [0.2, 0.25) is 0 Å². The van der Waals surface area contributed by atoms with Crippen LogP contribution in [0.1, 0.15) is 105 Å². The number of ether oxygens (including phenoxy) is 5. The number of fused-ring (bicyclic) bond motifs is 5. The summed E-state index contributed by atoms with van der Waals surface area (Å²) in [5.74, 6) is -1.50. The van der Waals surface area contributed by atoms with Gasteiger partial charge in [-0.1, -0.05) is 24.6 Å². The van der Waals surface area contributed by atoms with Crippen LogP contribution < -0.4 is 0 Å². The lowest BCUT2D eigenvalue weighted by atomic mass is 9.46. The lowest BCUT2D eigenvalue weighted by molar-refractivity contribution is -0.270. The predicted octanol–water partition coefficient (Wildman–Crippen LogP) is 3.25. The third-order valence-corrected chi connectivity index (χ3v) is 12.3. The van der Waals surface area contributed by atoms with Crippen LogP contribution in [0.15, 0.2) is 17.8 Å². The first-order chi connectivity index (χ1) is 23.1. The standard InChI is InChI=1S/C35H47N3O11/c1-18(39)45-17-27-29(46-19(2)40)30(47-20(3)41)31(48-21(4)42)32(49-27)38-16-28(36-37-38)35(44)14-11-26-24-8-7-22-15-23(43)9-12-33(22,5)25(24)10-13-34(26,35)6/h15-16,24-27,29-32,44H,7-14,17H2,1-6H3/t24-,25+,26+,27-,29-,30+,31-,32-,33+,34+,35-/m1/s1. The maximum Gasteiger partial charge on any atom is 0.303 e. The Hall–Kier alpha value is -3.65. The Morgan fingerprint density at radius 2 is 1.53 bits per heavy atom. The first kappa shape index (κ1) is 35.2. The van der Waals surface area contributed by atoms with Crippen molar-refractivity contribution in [2.45, 2.75) is 129 Å². The van der Waals surface area contributed by atoms with E-state index in [1.54, 1.807) is 6.20 Å². The lowest BCUT2D eigenvalue weighted by Crippen LogP contribution is -2.60. The van der Waals surface area contributed by atoms with E-state index < -0.39 is 65.5 Å². The third kappa shape index (κ3) is 6.08. The highest BCUT2D eigenvalue weighted by Crippen LogP contribution is 2.69. The van der Waals surface area contributed by atoms with Crippen molar-refractivity contribution < 1.29 is 52.8 Å². The van der Waals surface area contributed by atoms with E-state index >= 15 is 0 Å². The molecule has 6 rings (SSSR count). The molecular weight excluding hydrogens is 638 g/mol. The number of ketones is 1. The van der Waals surface area contributed by atoms with Gasteiger partial charge in [0.1, 0.15) is 24.0 Å². The molecule has 1 aromatic rings. The molecule has 268 valence electrons. The molecule has 0 amide bonds. The maximum atomic E-state index is 12.6. The van der Waals surface area contributed by atoms with Crippen molar-refractivity contribution >= 4 is 29.7 Å². The maximum absolute atomic E-state index is 12.6. The van der Waals surface area contributed by atoms with Gasteiger partial charge >= 0.3 is 23.9 Å². The monoisotopic (exact) mass is 685 g/mol. The highest BCUT2D eigenvalue weighted by atomic mass is 16.7. The quantitative estimate of drug-likeness (QED) is 0.326. The third-order valence-electron chi connectivity index (χ3n) is 12.3.